The predicted molar refractivity (Wildman–Crippen MR) is 72.7 cm³/mol. The summed E-state index contributed by atoms with van der Waals surface area (Å²) in [6, 6.07) is 0. The molecule has 0 aliphatic carbocycles. The molecule has 0 aromatic carbocycles. The Hall–Kier alpha value is -0.900. The lowest BCUT2D eigenvalue weighted by Crippen LogP contribution is -2.39. The van der Waals surface area contributed by atoms with Crippen molar-refractivity contribution in [3.8, 4) is 11.8 Å². The molecule has 5 nitrogen and oxygen atoms in total. The minimum atomic E-state index is -1.25. The van der Waals surface area contributed by atoms with Crippen LogP contribution >= 0.6 is 0 Å². The van der Waals surface area contributed by atoms with Crippen molar-refractivity contribution in [1.29, 1.82) is 0 Å². The molecular weight excluding hydrogens is 260 g/mol. The minimum Gasteiger partial charge on any atom is -0.375 e. The predicted octanol–water partition coefficient (Wildman–Crippen LogP) is 1.21. The molecule has 0 amide bonds. The highest BCUT2D eigenvalue weighted by molar-refractivity contribution is 5.16. The fraction of sp³-hybridized carbons (Fsp3) is 0.733. The number of ether oxygens (including phenoxy) is 4. The number of aliphatic hydroxyl groups is 1. The normalized spacial score (nSPS) is 33.9. The zero-order valence-electron chi connectivity index (χ0n) is 12.2. The third kappa shape index (κ3) is 3.60. The van der Waals surface area contributed by atoms with Gasteiger partial charge in [0.05, 0.1) is 6.61 Å². The van der Waals surface area contributed by atoms with Crippen molar-refractivity contribution < 1.29 is 24.1 Å². The first kappa shape index (κ1) is 15.5. The van der Waals surface area contributed by atoms with Crippen molar-refractivity contribution in [1.82, 2.24) is 0 Å². The van der Waals surface area contributed by atoms with E-state index in [1.54, 1.807) is 13.0 Å². The van der Waals surface area contributed by atoms with Gasteiger partial charge in [0.1, 0.15) is 24.4 Å². The summed E-state index contributed by atoms with van der Waals surface area (Å²) in [6.07, 6.45) is 1.20. The highest BCUT2D eigenvalue weighted by Gasteiger charge is 2.52. The van der Waals surface area contributed by atoms with Crippen LogP contribution in [0.1, 0.15) is 27.2 Å². The van der Waals surface area contributed by atoms with E-state index in [0.717, 1.165) is 0 Å². The molecule has 1 N–H and O–H groups in total. The van der Waals surface area contributed by atoms with Gasteiger partial charge in [0.2, 0.25) is 0 Å². The van der Waals surface area contributed by atoms with Crippen LogP contribution in [0.15, 0.2) is 12.7 Å². The molecule has 0 unspecified atom stereocenters. The van der Waals surface area contributed by atoms with Crippen molar-refractivity contribution >= 4 is 0 Å². The van der Waals surface area contributed by atoms with Gasteiger partial charge in [-0.2, -0.15) is 0 Å². The van der Waals surface area contributed by atoms with Crippen LogP contribution in [0, 0.1) is 11.8 Å². The molecule has 2 fully saturated rings. The first-order valence-electron chi connectivity index (χ1n) is 6.76. The summed E-state index contributed by atoms with van der Waals surface area (Å²) in [5.41, 5.74) is -1.25. The van der Waals surface area contributed by atoms with E-state index in [-0.39, 0.29) is 12.7 Å². The Morgan fingerprint density at radius 1 is 1.50 bits per heavy atom. The van der Waals surface area contributed by atoms with Gasteiger partial charge in [0.25, 0.3) is 0 Å². The zero-order valence-corrected chi connectivity index (χ0v) is 12.2. The number of fused-ring (bicyclic) bond motifs is 1. The summed E-state index contributed by atoms with van der Waals surface area (Å²) in [6.45, 7) is 9.56. The molecule has 2 heterocycles. The molecule has 0 spiro atoms. The molecule has 2 aliphatic rings. The maximum atomic E-state index is 10.4. The van der Waals surface area contributed by atoms with Gasteiger partial charge >= 0.3 is 0 Å². The quantitative estimate of drug-likeness (QED) is 0.477. The average Bonchev–Trinajstić information content (AvgIpc) is 2.82. The highest BCUT2D eigenvalue weighted by Crippen LogP contribution is 2.39. The second-order valence-electron chi connectivity index (χ2n) is 5.66. The average molecular weight is 282 g/mol. The summed E-state index contributed by atoms with van der Waals surface area (Å²) < 4.78 is 22.2. The molecule has 20 heavy (non-hydrogen) atoms. The summed E-state index contributed by atoms with van der Waals surface area (Å²) in [5.74, 6) is 4.94. The Labute approximate surface area is 119 Å². The number of hydrogen-bond acceptors (Lipinski definition) is 5. The topological polar surface area (TPSA) is 57.2 Å². The maximum absolute atomic E-state index is 10.4. The van der Waals surface area contributed by atoms with Crippen LogP contribution in [-0.2, 0) is 18.9 Å². The van der Waals surface area contributed by atoms with Crippen LogP contribution in [-0.4, -0.2) is 48.2 Å². The molecule has 2 rings (SSSR count). The van der Waals surface area contributed by atoms with Crippen molar-refractivity contribution in [3.05, 3.63) is 12.7 Å². The molecule has 4 atom stereocenters. The van der Waals surface area contributed by atoms with E-state index in [1.807, 2.05) is 13.8 Å². The van der Waals surface area contributed by atoms with Gasteiger partial charge in [-0.3, -0.25) is 0 Å². The summed E-state index contributed by atoms with van der Waals surface area (Å²) in [7, 11) is 0. The molecule has 112 valence electrons. The van der Waals surface area contributed by atoms with E-state index in [4.69, 9.17) is 18.9 Å². The molecule has 2 aliphatic heterocycles. The molecule has 0 aromatic rings. The first-order chi connectivity index (χ1) is 9.34. The van der Waals surface area contributed by atoms with Crippen LogP contribution in [0.2, 0.25) is 0 Å². The van der Waals surface area contributed by atoms with Crippen LogP contribution in [0.5, 0.6) is 0 Å². The zero-order chi connectivity index (χ0) is 14.8. The lowest BCUT2D eigenvalue weighted by molar-refractivity contribution is -0.218. The van der Waals surface area contributed by atoms with Crippen LogP contribution in [0.3, 0.4) is 0 Å². The van der Waals surface area contributed by atoms with Gasteiger partial charge in [0.15, 0.2) is 12.1 Å². The third-order valence-electron chi connectivity index (χ3n) is 3.26. The first-order valence-corrected chi connectivity index (χ1v) is 6.76. The lowest BCUT2D eigenvalue weighted by atomic mass is 9.97. The van der Waals surface area contributed by atoms with Crippen molar-refractivity contribution in [2.75, 3.05) is 13.2 Å². The fourth-order valence-corrected chi connectivity index (χ4v) is 2.36. The van der Waals surface area contributed by atoms with Crippen LogP contribution in [0.4, 0.5) is 0 Å². The summed E-state index contributed by atoms with van der Waals surface area (Å²) in [4.78, 5) is 0. The van der Waals surface area contributed by atoms with Crippen LogP contribution in [0.25, 0.3) is 0 Å². The Balaban J connectivity index is 1.88. The van der Waals surface area contributed by atoms with Crippen molar-refractivity contribution in [2.24, 2.45) is 0 Å². The monoisotopic (exact) mass is 282 g/mol. The van der Waals surface area contributed by atoms with Gasteiger partial charge in [-0.15, -0.1) is 6.58 Å². The molecular formula is C15H22O5. The van der Waals surface area contributed by atoms with E-state index >= 15 is 0 Å². The molecule has 0 bridgehead atoms. The van der Waals surface area contributed by atoms with E-state index < -0.39 is 23.8 Å². The van der Waals surface area contributed by atoms with E-state index in [2.05, 4.69) is 18.4 Å². The van der Waals surface area contributed by atoms with Crippen molar-refractivity contribution in [3.63, 3.8) is 0 Å². The highest BCUT2D eigenvalue weighted by atomic mass is 16.8. The minimum absolute atomic E-state index is 0.153. The van der Waals surface area contributed by atoms with Crippen molar-refractivity contribution in [2.45, 2.75) is 57.1 Å². The van der Waals surface area contributed by atoms with Gasteiger partial charge in [0, 0.05) is 6.42 Å². The molecule has 0 aromatic heterocycles. The second kappa shape index (κ2) is 5.84. The molecule has 0 saturated carbocycles. The Morgan fingerprint density at radius 3 is 2.90 bits per heavy atom. The van der Waals surface area contributed by atoms with E-state index in [9.17, 15) is 5.11 Å². The van der Waals surface area contributed by atoms with Gasteiger partial charge in [-0.25, -0.2) is 0 Å². The Morgan fingerprint density at radius 2 is 2.25 bits per heavy atom. The van der Waals surface area contributed by atoms with E-state index in [0.29, 0.717) is 13.0 Å². The summed E-state index contributed by atoms with van der Waals surface area (Å²) in [5, 5.41) is 10.4. The second-order valence-corrected chi connectivity index (χ2v) is 5.66. The fourth-order valence-electron chi connectivity index (χ4n) is 2.36. The van der Waals surface area contributed by atoms with Crippen LogP contribution < -0.4 is 0 Å². The Bertz CT molecular complexity index is 402. The Kier molecular flexibility index (Phi) is 4.52. The molecule has 0 radical (unpaired) electrons. The third-order valence-corrected chi connectivity index (χ3v) is 3.26. The largest absolute Gasteiger partial charge is 0.375 e. The van der Waals surface area contributed by atoms with E-state index in [1.165, 1.54) is 0 Å². The molecule has 5 heteroatoms. The summed E-state index contributed by atoms with van der Waals surface area (Å²) >= 11 is 0. The number of rotatable bonds is 4. The van der Waals surface area contributed by atoms with Gasteiger partial charge in [-0.05, 0) is 20.8 Å². The van der Waals surface area contributed by atoms with Gasteiger partial charge < -0.3 is 24.1 Å². The molecule has 2 saturated heterocycles. The standard InChI is InChI=1S/C15H22O5/c1-5-8-17-9-6-7-15(4,16)12-10-11-13(18-12)20-14(2,3)19-11/h5,11-13,16H,1,8-10H2,2-4H3/t11-,12-,13-,15-/m1/s1. The van der Waals surface area contributed by atoms with Gasteiger partial charge in [-0.1, -0.05) is 17.9 Å². The SMILES string of the molecule is C=CCOCC#C[C@@](C)(O)[C@H]1C[C@H]2OC(C)(C)O[C@H]2O1. The maximum Gasteiger partial charge on any atom is 0.187 e. The smallest absolute Gasteiger partial charge is 0.187 e. The lowest BCUT2D eigenvalue weighted by Gasteiger charge is -2.26. The number of hydrogen-bond donors (Lipinski definition) is 1.